The number of morpholine rings is 1. The molecule has 2 heterocycles. The number of carbonyl (C=O) groups is 1. The number of para-hydroxylation sites is 1. The molecule has 0 bridgehead atoms. The van der Waals surface area contributed by atoms with Crippen molar-refractivity contribution in [3.63, 3.8) is 0 Å². The Bertz CT molecular complexity index is 990. The fourth-order valence-electron chi connectivity index (χ4n) is 3.15. The maximum absolute atomic E-state index is 13.4. The van der Waals surface area contributed by atoms with Crippen LogP contribution in [0.1, 0.15) is 10.4 Å². The van der Waals surface area contributed by atoms with E-state index in [-0.39, 0.29) is 5.91 Å². The van der Waals surface area contributed by atoms with Crippen molar-refractivity contribution < 1.29 is 9.53 Å². The Balaban J connectivity index is 1.66. The Hall–Kier alpha value is -1.51. The summed E-state index contributed by atoms with van der Waals surface area (Å²) in [4.78, 5) is 22.1. The smallest absolute Gasteiger partial charge is 0.261 e. The van der Waals surface area contributed by atoms with Gasteiger partial charge < -0.3 is 4.74 Å². The van der Waals surface area contributed by atoms with Crippen molar-refractivity contribution in [3.8, 4) is 0 Å². The second-order valence-corrected chi connectivity index (χ2v) is 8.74. The first-order valence-corrected chi connectivity index (χ1v) is 11.0. The van der Waals surface area contributed by atoms with E-state index < -0.39 is 0 Å². The predicted octanol–water partition coefficient (Wildman–Crippen LogP) is 4.69. The number of nitrogens with zero attached hydrogens (tertiary/aromatic N) is 3. The van der Waals surface area contributed by atoms with Crippen LogP contribution in [0.4, 0.5) is 5.13 Å². The van der Waals surface area contributed by atoms with Gasteiger partial charge in [-0.25, -0.2) is 4.98 Å². The molecule has 1 fully saturated rings. The molecule has 1 aliphatic heterocycles. The summed E-state index contributed by atoms with van der Waals surface area (Å²) in [5.74, 6) is -0.0732. The number of aromatic nitrogens is 1. The van der Waals surface area contributed by atoms with Crippen molar-refractivity contribution in [3.05, 3.63) is 57.5 Å². The van der Waals surface area contributed by atoms with Crippen molar-refractivity contribution in [1.82, 2.24) is 9.88 Å². The molecule has 8 heteroatoms. The van der Waals surface area contributed by atoms with Gasteiger partial charge in [-0.2, -0.15) is 0 Å². The van der Waals surface area contributed by atoms with Gasteiger partial charge in [0.15, 0.2) is 5.13 Å². The predicted molar refractivity (Wildman–Crippen MR) is 118 cm³/mol. The van der Waals surface area contributed by atoms with Gasteiger partial charge in [0.1, 0.15) is 5.52 Å². The quantitative estimate of drug-likeness (QED) is 0.531. The molecule has 1 aliphatic rings. The number of thiazole rings is 1. The maximum Gasteiger partial charge on any atom is 0.261 e. The average Bonchev–Trinajstić information content (AvgIpc) is 3.14. The van der Waals surface area contributed by atoms with Crippen LogP contribution in [-0.4, -0.2) is 55.2 Å². The van der Waals surface area contributed by atoms with Crippen LogP contribution in [0.15, 0.2) is 46.9 Å². The van der Waals surface area contributed by atoms with Gasteiger partial charge in [-0.1, -0.05) is 41.1 Å². The van der Waals surface area contributed by atoms with Gasteiger partial charge in [-0.05, 0) is 40.2 Å². The number of hydrogen-bond donors (Lipinski definition) is 0. The van der Waals surface area contributed by atoms with Crippen LogP contribution in [0.5, 0.6) is 0 Å². The van der Waals surface area contributed by atoms with Crippen molar-refractivity contribution in [2.45, 2.75) is 0 Å². The minimum absolute atomic E-state index is 0.0732. The number of benzene rings is 2. The highest BCUT2D eigenvalue weighted by Crippen LogP contribution is 2.34. The zero-order valence-electron chi connectivity index (χ0n) is 15.1. The number of hydrogen-bond acceptors (Lipinski definition) is 5. The van der Waals surface area contributed by atoms with Crippen LogP contribution in [0.3, 0.4) is 0 Å². The van der Waals surface area contributed by atoms with Crippen molar-refractivity contribution in [1.29, 1.82) is 0 Å². The topological polar surface area (TPSA) is 45.7 Å². The number of amides is 1. The molecule has 0 saturated carbocycles. The van der Waals surface area contributed by atoms with E-state index in [9.17, 15) is 4.79 Å². The second-order valence-electron chi connectivity index (χ2n) is 6.47. The average molecular weight is 481 g/mol. The largest absolute Gasteiger partial charge is 0.379 e. The number of anilines is 1. The Morgan fingerprint density at radius 3 is 2.75 bits per heavy atom. The third-order valence-corrected chi connectivity index (χ3v) is 6.72. The van der Waals surface area contributed by atoms with Crippen LogP contribution in [-0.2, 0) is 4.74 Å². The molecule has 1 amide bonds. The summed E-state index contributed by atoms with van der Waals surface area (Å²) < 4.78 is 7.17. The lowest BCUT2D eigenvalue weighted by atomic mass is 10.2. The molecule has 0 aliphatic carbocycles. The number of rotatable bonds is 5. The van der Waals surface area contributed by atoms with Crippen LogP contribution in [0, 0.1) is 0 Å². The zero-order valence-corrected chi connectivity index (χ0v) is 18.3. The van der Waals surface area contributed by atoms with Gasteiger partial charge >= 0.3 is 0 Å². The minimum atomic E-state index is -0.0732. The molecule has 2 aromatic carbocycles. The molecule has 1 aromatic heterocycles. The van der Waals surface area contributed by atoms with Crippen LogP contribution < -0.4 is 4.90 Å². The van der Waals surface area contributed by atoms with E-state index in [1.54, 1.807) is 4.90 Å². The van der Waals surface area contributed by atoms with E-state index in [4.69, 9.17) is 16.3 Å². The fraction of sp³-hybridized carbons (Fsp3) is 0.300. The van der Waals surface area contributed by atoms with Crippen molar-refractivity contribution in [2.24, 2.45) is 0 Å². The molecular weight excluding hydrogens is 462 g/mol. The van der Waals surface area contributed by atoms with E-state index in [0.717, 1.165) is 47.5 Å². The highest BCUT2D eigenvalue weighted by molar-refractivity contribution is 9.10. The Morgan fingerprint density at radius 1 is 1.21 bits per heavy atom. The monoisotopic (exact) mass is 479 g/mol. The lowest BCUT2D eigenvalue weighted by molar-refractivity contribution is 0.0391. The molecule has 1 saturated heterocycles. The summed E-state index contributed by atoms with van der Waals surface area (Å²) in [5.41, 5.74) is 1.36. The maximum atomic E-state index is 13.4. The van der Waals surface area contributed by atoms with E-state index in [2.05, 4.69) is 25.8 Å². The lowest BCUT2D eigenvalue weighted by Gasteiger charge is -2.29. The first kappa shape index (κ1) is 19.8. The first-order valence-electron chi connectivity index (χ1n) is 9.05. The number of carbonyl (C=O) groups excluding carboxylic acids is 1. The number of ether oxygens (including phenoxy) is 1. The second kappa shape index (κ2) is 8.88. The van der Waals surface area contributed by atoms with Crippen LogP contribution in [0.2, 0.25) is 5.02 Å². The molecule has 0 spiro atoms. The Morgan fingerprint density at radius 2 is 2.00 bits per heavy atom. The first-order chi connectivity index (χ1) is 13.6. The van der Waals surface area contributed by atoms with Gasteiger partial charge in [0.2, 0.25) is 0 Å². The van der Waals surface area contributed by atoms with Crippen LogP contribution >= 0.6 is 38.9 Å². The van der Waals surface area contributed by atoms with Gasteiger partial charge in [0.05, 0.1) is 28.5 Å². The molecule has 0 unspecified atom stereocenters. The van der Waals surface area contributed by atoms with Crippen LogP contribution in [0.25, 0.3) is 10.2 Å². The van der Waals surface area contributed by atoms with E-state index >= 15 is 0 Å². The fourth-order valence-corrected chi connectivity index (χ4v) is 4.89. The lowest BCUT2D eigenvalue weighted by Crippen LogP contribution is -2.43. The zero-order chi connectivity index (χ0) is 19.5. The van der Waals surface area contributed by atoms with Crippen molar-refractivity contribution in [2.75, 3.05) is 44.3 Å². The molecule has 0 N–H and O–H groups in total. The van der Waals surface area contributed by atoms with Gasteiger partial charge in [0, 0.05) is 30.7 Å². The molecule has 0 radical (unpaired) electrons. The summed E-state index contributed by atoms with van der Waals surface area (Å²) >= 11 is 11.3. The third kappa shape index (κ3) is 4.23. The highest BCUT2D eigenvalue weighted by atomic mass is 79.9. The number of halogens is 2. The molecule has 146 valence electrons. The minimum Gasteiger partial charge on any atom is -0.379 e. The normalized spacial score (nSPS) is 15.1. The Labute approximate surface area is 181 Å². The molecule has 4 rings (SSSR count). The molecule has 3 aromatic rings. The van der Waals surface area contributed by atoms with Gasteiger partial charge in [-0.15, -0.1) is 0 Å². The van der Waals surface area contributed by atoms with E-state index in [0.29, 0.717) is 22.3 Å². The molecule has 28 heavy (non-hydrogen) atoms. The summed E-state index contributed by atoms with van der Waals surface area (Å²) in [5, 5.41) is 1.26. The summed E-state index contributed by atoms with van der Waals surface area (Å²) in [6.45, 7) is 4.54. The Kier molecular flexibility index (Phi) is 6.28. The summed E-state index contributed by atoms with van der Waals surface area (Å²) in [7, 11) is 0. The standard InChI is InChI=1S/C20H19BrClN3O2S/c21-15-5-2-1-4-14(15)19(26)25(9-8-24-10-12-27-13-11-24)20-23-18-16(22)6-3-7-17(18)28-20/h1-7H,8-13H2. The SMILES string of the molecule is O=C(c1ccccc1Br)N(CCN1CCOCC1)c1nc2c(Cl)cccc2s1. The third-order valence-electron chi connectivity index (χ3n) is 4.68. The van der Waals surface area contributed by atoms with Gasteiger partial charge in [0.25, 0.3) is 5.91 Å². The number of fused-ring (bicyclic) bond motifs is 1. The van der Waals surface area contributed by atoms with Crippen molar-refractivity contribution >= 4 is 60.1 Å². The molecule has 0 atom stereocenters. The van der Waals surface area contributed by atoms with E-state index in [1.165, 1.54) is 11.3 Å². The molecule has 5 nitrogen and oxygen atoms in total. The summed E-state index contributed by atoms with van der Waals surface area (Å²) in [6, 6.07) is 13.2. The van der Waals surface area contributed by atoms with Gasteiger partial charge in [-0.3, -0.25) is 14.6 Å². The molecular formula is C20H19BrClN3O2S. The highest BCUT2D eigenvalue weighted by Gasteiger charge is 2.24. The summed E-state index contributed by atoms with van der Waals surface area (Å²) in [6.07, 6.45) is 0. The van der Waals surface area contributed by atoms with E-state index in [1.807, 2.05) is 42.5 Å².